The second-order valence-electron chi connectivity index (χ2n) is 5.55. The third kappa shape index (κ3) is 5.33. The SMILES string of the molecule is CCOc1ccccc1CCNC(=O)Nc1cc(C)cc(C)c1. The first-order valence-corrected chi connectivity index (χ1v) is 7.92. The van der Waals surface area contributed by atoms with Gasteiger partial charge < -0.3 is 15.4 Å². The number of rotatable bonds is 6. The average Bonchev–Trinajstić information content (AvgIpc) is 2.48. The van der Waals surface area contributed by atoms with Crippen LogP contribution in [0.1, 0.15) is 23.6 Å². The smallest absolute Gasteiger partial charge is 0.319 e. The van der Waals surface area contributed by atoms with Gasteiger partial charge in [-0.3, -0.25) is 0 Å². The number of nitrogens with one attached hydrogen (secondary N) is 2. The summed E-state index contributed by atoms with van der Waals surface area (Å²) in [4.78, 5) is 12.0. The molecule has 4 nitrogen and oxygen atoms in total. The van der Waals surface area contributed by atoms with Gasteiger partial charge in [0.15, 0.2) is 0 Å². The Kier molecular flexibility index (Phi) is 6.03. The van der Waals surface area contributed by atoms with Crippen LogP contribution in [-0.2, 0) is 6.42 Å². The van der Waals surface area contributed by atoms with E-state index in [1.165, 1.54) is 0 Å². The molecular weight excluding hydrogens is 288 g/mol. The third-order valence-corrected chi connectivity index (χ3v) is 3.43. The highest BCUT2D eigenvalue weighted by Gasteiger charge is 2.05. The monoisotopic (exact) mass is 312 g/mol. The highest BCUT2D eigenvalue weighted by Crippen LogP contribution is 2.18. The van der Waals surface area contributed by atoms with Crippen molar-refractivity contribution < 1.29 is 9.53 Å². The quantitative estimate of drug-likeness (QED) is 0.845. The van der Waals surface area contributed by atoms with E-state index < -0.39 is 0 Å². The lowest BCUT2D eigenvalue weighted by molar-refractivity contribution is 0.252. The van der Waals surface area contributed by atoms with Gasteiger partial charge in [-0.2, -0.15) is 0 Å². The molecule has 0 atom stereocenters. The largest absolute Gasteiger partial charge is 0.494 e. The maximum atomic E-state index is 12.0. The number of amides is 2. The van der Waals surface area contributed by atoms with Gasteiger partial charge in [0.25, 0.3) is 0 Å². The summed E-state index contributed by atoms with van der Waals surface area (Å²) in [7, 11) is 0. The van der Waals surface area contributed by atoms with Gasteiger partial charge in [-0.25, -0.2) is 4.79 Å². The molecule has 2 aromatic carbocycles. The van der Waals surface area contributed by atoms with Gasteiger partial charge in [0, 0.05) is 12.2 Å². The van der Waals surface area contributed by atoms with Crippen molar-refractivity contribution in [1.29, 1.82) is 0 Å². The zero-order valence-electron chi connectivity index (χ0n) is 14.0. The van der Waals surface area contributed by atoms with E-state index in [1.54, 1.807) is 0 Å². The minimum Gasteiger partial charge on any atom is -0.494 e. The van der Waals surface area contributed by atoms with Crippen molar-refractivity contribution in [2.24, 2.45) is 0 Å². The molecule has 23 heavy (non-hydrogen) atoms. The molecule has 0 unspecified atom stereocenters. The van der Waals surface area contributed by atoms with Crippen molar-refractivity contribution in [2.75, 3.05) is 18.5 Å². The van der Waals surface area contributed by atoms with Crippen molar-refractivity contribution >= 4 is 11.7 Å². The fourth-order valence-electron chi connectivity index (χ4n) is 2.54. The molecule has 0 fully saturated rings. The summed E-state index contributed by atoms with van der Waals surface area (Å²) in [5.74, 6) is 0.881. The molecule has 2 N–H and O–H groups in total. The highest BCUT2D eigenvalue weighted by atomic mass is 16.5. The molecule has 0 heterocycles. The van der Waals surface area contributed by atoms with Crippen LogP contribution in [0.25, 0.3) is 0 Å². The van der Waals surface area contributed by atoms with E-state index in [0.717, 1.165) is 34.5 Å². The van der Waals surface area contributed by atoms with Crippen molar-refractivity contribution in [3.8, 4) is 5.75 Å². The Hall–Kier alpha value is -2.49. The molecule has 2 amide bonds. The number of urea groups is 1. The van der Waals surface area contributed by atoms with Gasteiger partial charge in [0.05, 0.1) is 6.61 Å². The first-order valence-electron chi connectivity index (χ1n) is 7.92. The normalized spacial score (nSPS) is 10.2. The fraction of sp³-hybridized carbons (Fsp3) is 0.316. The van der Waals surface area contributed by atoms with Crippen molar-refractivity contribution in [3.63, 3.8) is 0 Å². The molecule has 0 saturated carbocycles. The Morgan fingerprint density at radius 1 is 1.09 bits per heavy atom. The fourth-order valence-corrected chi connectivity index (χ4v) is 2.54. The first-order chi connectivity index (χ1) is 11.1. The topological polar surface area (TPSA) is 50.4 Å². The van der Waals surface area contributed by atoms with Gasteiger partial charge in [-0.15, -0.1) is 0 Å². The molecule has 4 heteroatoms. The summed E-state index contributed by atoms with van der Waals surface area (Å²) in [5, 5.41) is 5.75. The van der Waals surface area contributed by atoms with Crippen LogP contribution in [0.2, 0.25) is 0 Å². The number of carbonyl (C=O) groups excluding carboxylic acids is 1. The van der Waals surface area contributed by atoms with E-state index in [0.29, 0.717) is 13.2 Å². The molecule has 0 saturated heterocycles. The van der Waals surface area contributed by atoms with Crippen LogP contribution in [0, 0.1) is 13.8 Å². The van der Waals surface area contributed by atoms with Gasteiger partial charge in [0.2, 0.25) is 0 Å². The first kappa shape index (κ1) is 16.9. The molecule has 0 aliphatic rings. The van der Waals surface area contributed by atoms with Gasteiger partial charge in [0.1, 0.15) is 5.75 Å². The molecule has 0 bridgehead atoms. The number of ether oxygens (including phenoxy) is 1. The number of hydrogen-bond donors (Lipinski definition) is 2. The van der Waals surface area contributed by atoms with Crippen LogP contribution in [0.4, 0.5) is 10.5 Å². The summed E-state index contributed by atoms with van der Waals surface area (Å²) in [6.07, 6.45) is 0.733. The summed E-state index contributed by atoms with van der Waals surface area (Å²) in [5.41, 5.74) is 4.17. The number of aryl methyl sites for hydroxylation is 2. The molecule has 2 rings (SSSR count). The lowest BCUT2D eigenvalue weighted by Crippen LogP contribution is -2.30. The minimum absolute atomic E-state index is 0.191. The van der Waals surface area contributed by atoms with Crippen LogP contribution in [0.5, 0.6) is 5.75 Å². The van der Waals surface area contributed by atoms with Crippen molar-refractivity contribution in [1.82, 2.24) is 5.32 Å². The number of benzene rings is 2. The van der Waals surface area contributed by atoms with E-state index >= 15 is 0 Å². The second kappa shape index (κ2) is 8.22. The number of carbonyl (C=O) groups is 1. The highest BCUT2D eigenvalue weighted by molar-refractivity contribution is 5.89. The zero-order chi connectivity index (χ0) is 16.7. The van der Waals surface area contributed by atoms with Crippen LogP contribution >= 0.6 is 0 Å². The van der Waals surface area contributed by atoms with Crippen LogP contribution in [-0.4, -0.2) is 19.2 Å². The Morgan fingerprint density at radius 3 is 2.48 bits per heavy atom. The standard InChI is InChI=1S/C19H24N2O2/c1-4-23-18-8-6-5-7-16(18)9-10-20-19(22)21-17-12-14(2)11-15(3)13-17/h5-8,11-13H,4,9-10H2,1-3H3,(H2,20,21,22). The molecule has 0 aliphatic heterocycles. The summed E-state index contributed by atoms with van der Waals surface area (Å²) < 4.78 is 5.59. The van der Waals surface area contributed by atoms with Crippen LogP contribution in [0.3, 0.4) is 0 Å². The van der Waals surface area contributed by atoms with Gasteiger partial charge in [-0.1, -0.05) is 24.3 Å². The Morgan fingerprint density at radius 2 is 1.78 bits per heavy atom. The predicted molar refractivity (Wildman–Crippen MR) is 94.3 cm³/mol. The number of hydrogen-bond acceptors (Lipinski definition) is 2. The number of para-hydroxylation sites is 1. The molecule has 0 spiro atoms. The van der Waals surface area contributed by atoms with E-state index in [9.17, 15) is 4.79 Å². The summed E-state index contributed by atoms with van der Waals surface area (Å²) in [6.45, 7) is 7.19. The van der Waals surface area contributed by atoms with Crippen LogP contribution < -0.4 is 15.4 Å². The second-order valence-corrected chi connectivity index (χ2v) is 5.55. The summed E-state index contributed by atoms with van der Waals surface area (Å²) >= 11 is 0. The summed E-state index contributed by atoms with van der Waals surface area (Å²) in [6, 6.07) is 13.7. The average molecular weight is 312 g/mol. The minimum atomic E-state index is -0.191. The zero-order valence-corrected chi connectivity index (χ0v) is 14.0. The van der Waals surface area contributed by atoms with Crippen molar-refractivity contribution in [3.05, 3.63) is 59.2 Å². The van der Waals surface area contributed by atoms with Crippen molar-refractivity contribution in [2.45, 2.75) is 27.2 Å². The third-order valence-electron chi connectivity index (χ3n) is 3.43. The lowest BCUT2D eigenvalue weighted by atomic mass is 10.1. The Balaban J connectivity index is 1.85. The van der Waals surface area contributed by atoms with E-state index in [1.807, 2.05) is 57.2 Å². The molecule has 0 radical (unpaired) electrons. The Labute approximate surface area is 137 Å². The lowest BCUT2D eigenvalue weighted by Gasteiger charge is -2.11. The molecular formula is C19H24N2O2. The molecule has 0 aliphatic carbocycles. The van der Waals surface area contributed by atoms with Crippen LogP contribution in [0.15, 0.2) is 42.5 Å². The molecule has 0 aromatic heterocycles. The molecule has 2 aromatic rings. The molecule has 122 valence electrons. The Bertz CT molecular complexity index is 648. The maximum Gasteiger partial charge on any atom is 0.319 e. The van der Waals surface area contributed by atoms with Gasteiger partial charge in [-0.05, 0) is 62.1 Å². The van der Waals surface area contributed by atoms with E-state index in [4.69, 9.17) is 4.74 Å². The predicted octanol–water partition coefficient (Wildman–Crippen LogP) is 4.07. The maximum absolute atomic E-state index is 12.0. The van der Waals surface area contributed by atoms with E-state index in [-0.39, 0.29) is 6.03 Å². The van der Waals surface area contributed by atoms with Gasteiger partial charge >= 0.3 is 6.03 Å². The number of anilines is 1. The van der Waals surface area contributed by atoms with E-state index in [2.05, 4.69) is 16.7 Å².